The van der Waals surface area contributed by atoms with E-state index in [9.17, 15) is 4.79 Å². The Morgan fingerprint density at radius 2 is 2.33 bits per heavy atom. The van der Waals surface area contributed by atoms with Crippen molar-refractivity contribution in [2.45, 2.75) is 31.9 Å². The lowest BCUT2D eigenvalue weighted by atomic mass is 10.1. The Labute approximate surface area is 116 Å². The van der Waals surface area contributed by atoms with Gasteiger partial charge in [0.05, 0.1) is 17.7 Å². The Morgan fingerprint density at radius 3 is 2.94 bits per heavy atom. The highest BCUT2D eigenvalue weighted by Crippen LogP contribution is 2.18. The molecule has 1 aliphatic heterocycles. The average Bonchev–Trinajstić information content (AvgIpc) is 2.81. The van der Waals surface area contributed by atoms with E-state index in [0.29, 0.717) is 5.56 Å². The predicted molar refractivity (Wildman–Crippen MR) is 70.2 cm³/mol. The second-order valence-electron chi connectivity index (χ2n) is 4.29. The van der Waals surface area contributed by atoms with Crippen LogP contribution in [0.25, 0.3) is 0 Å². The zero-order valence-electron chi connectivity index (χ0n) is 9.95. The molecule has 0 aliphatic carbocycles. The molecular formula is C12H14Cl2N2O2. The molecule has 18 heavy (non-hydrogen) atoms. The number of pyridine rings is 1. The molecule has 0 aromatic carbocycles. The van der Waals surface area contributed by atoms with Crippen LogP contribution in [-0.4, -0.2) is 29.6 Å². The summed E-state index contributed by atoms with van der Waals surface area (Å²) in [5.41, 5.74) is 0.325. The first kappa shape index (κ1) is 13.6. The SMILES string of the molecule is CC(NC(=O)c1ccc(Cl)nc1Cl)C1CCCO1. The number of aromatic nitrogens is 1. The van der Waals surface area contributed by atoms with Gasteiger partial charge >= 0.3 is 0 Å². The van der Waals surface area contributed by atoms with E-state index in [0.717, 1.165) is 19.4 Å². The summed E-state index contributed by atoms with van der Waals surface area (Å²) in [6, 6.07) is 3.06. The van der Waals surface area contributed by atoms with Gasteiger partial charge in [-0.3, -0.25) is 4.79 Å². The van der Waals surface area contributed by atoms with Crippen LogP contribution in [0.3, 0.4) is 0 Å². The third kappa shape index (κ3) is 3.13. The molecule has 0 bridgehead atoms. The number of amides is 1. The third-order valence-electron chi connectivity index (χ3n) is 2.94. The van der Waals surface area contributed by atoms with Crippen molar-refractivity contribution in [1.82, 2.24) is 10.3 Å². The number of carbonyl (C=O) groups excluding carboxylic acids is 1. The summed E-state index contributed by atoms with van der Waals surface area (Å²) in [6.45, 7) is 2.68. The number of ether oxygens (including phenoxy) is 1. The Kier molecular flexibility index (Phi) is 4.43. The molecule has 4 nitrogen and oxygen atoms in total. The van der Waals surface area contributed by atoms with Crippen LogP contribution in [-0.2, 0) is 4.74 Å². The normalized spacial score (nSPS) is 20.7. The van der Waals surface area contributed by atoms with Crippen molar-refractivity contribution in [2.75, 3.05) is 6.61 Å². The highest BCUT2D eigenvalue weighted by molar-refractivity contribution is 6.34. The van der Waals surface area contributed by atoms with Gasteiger partial charge in [0.15, 0.2) is 0 Å². The third-order valence-corrected chi connectivity index (χ3v) is 3.44. The van der Waals surface area contributed by atoms with E-state index in [4.69, 9.17) is 27.9 Å². The van der Waals surface area contributed by atoms with Gasteiger partial charge in [0.25, 0.3) is 5.91 Å². The number of nitrogens with one attached hydrogen (secondary N) is 1. The summed E-state index contributed by atoms with van der Waals surface area (Å²) in [5, 5.41) is 3.24. The Hall–Kier alpha value is -0.840. The molecule has 0 radical (unpaired) electrons. The molecule has 1 fully saturated rings. The molecule has 98 valence electrons. The maximum absolute atomic E-state index is 12.0. The monoisotopic (exact) mass is 288 g/mol. The van der Waals surface area contributed by atoms with Crippen LogP contribution in [0.5, 0.6) is 0 Å². The molecule has 0 spiro atoms. The van der Waals surface area contributed by atoms with E-state index < -0.39 is 0 Å². The number of halogens is 2. The Bertz CT molecular complexity index is 448. The van der Waals surface area contributed by atoms with Crippen LogP contribution >= 0.6 is 23.2 Å². The van der Waals surface area contributed by atoms with Gasteiger partial charge in [-0.1, -0.05) is 23.2 Å². The van der Waals surface area contributed by atoms with Gasteiger partial charge in [-0.25, -0.2) is 4.98 Å². The average molecular weight is 289 g/mol. The summed E-state index contributed by atoms with van der Waals surface area (Å²) in [5.74, 6) is -0.257. The fourth-order valence-corrected chi connectivity index (χ4v) is 2.39. The topological polar surface area (TPSA) is 51.2 Å². The fourth-order valence-electron chi connectivity index (χ4n) is 1.96. The number of hydrogen-bond donors (Lipinski definition) is 1. The summed E-state index contributed by atoms with van der Waals surface area (Å²) < 4.78 is 5.52. The molecule has 2 unspecified atom stereocenters. The highest BCUT2D eigenvalue weighted by Gasteiger charge is 2.24. The van der Waals surface area contributed by atoms with Gasteiger partial charge in [0.1, 0.15) is 10.3 Å². The number of rotatable bonds is 3. The van der Waals surface area contributed by atoms with Crippen molar-refractivity contribution in [3.8, 4) is 0 Å². The maximum atomic E-state index is 12.0. The van der Waals surface area contributed by atoms with E-state index >= 15 is 0 Å². The van der Waals surface area contributed by atoms with Crippen molar-refractivity contribution in [1.29, 1.82) is 0 Å². The molecular weight excluding hydrogens is 275 g/mol. The van der Waals surface area contributed by atoms with Crippen LogP contribution in [0.4, 0.5) is 0 Å². The van der Waals surface area contributed by atoms with E-state index in [-0.39, 0.29) is 28.4 Å². The van der Waals surface area contributed by atoms with Crippen molar-refractivity contribution < 1.29 is 9.53 Å². The predicted octanol–water partition coefficient (Wildman–Crippen LogP) is 2.69. The zero-order chi connectivity index (χ0) is 13.1. The molecule has 2 heterocycles. The molecule has 1 aromatic heterocycles. The molecule has 2 rings (SSSR count). The smallest absolute Gasteiger partial charge is 0.254 e. The quantitative estimate of drug-likeness (QED) is 0.870. The number of carbonyl (C=O) groups is 1. The van der Waals surface area contributed by atoms with Gasteiger partial charge in [-0.15, -0.1) is 0 Å². The summed E-state index contributed by atoms with van der Waals surface area (Å²) in [4.78, 5) is 15.8. The summed E-state index contributed by atoms with van der Waals surface area (Å²) in [7, 11) is 0. The van der Waals surface area contributed by atoms with Crippen LogP contribution < -0.4 is 5.32 Å². The van der Waals surface area contributed by atoms with E-state index in [1.165, 1.54) is 0 Å². The van der Waals surface area contributed by atoms with E-state index in [1.54, 1.807) is 12.1 Å². The molecule has 1 amide bonds. The van der Waals surface area contributed by atoms with E-state index in [2.05, 4.69) is 10.3 Å². The Morgan fingerprint density at radius 1 is 1.56 bits per heavy atom. The minimum atomic E-state index is -0.257. The number of nitrogens with zero attached hydrogens (tertiary/aromatic N) is 1. The molecule has 1 aromatic rings. The van der Waals surface area contributed by atoms with Crippen molar-refractivity contribution in [3.05, 3.63) is 28.0 Å². The standard InChI is InChI=1S/C12H14Cl2N2O2/c1-7(9-3-2-6-18-9)15-12(17)8-4-5-10(13)16-11(8)14/h4-5,7,9H,2-3,6H2,1H3,(H,15,17). The van der Waals surface area contributed by atoms with Gasteiger partial charge < -0.3 is 10.1 Å². The van der Waals surface area contributed by atoms with Gasteiger partial charge in [-0.2, -0.15) is 0 Å². The summed E-state index contributed by atoms with van der Waals surface area (Å²) >= 11 is 11.6. The van der Waals surface area contributed by atoms with Gasteiger partial charge in [-0.05, 0) is 31.9 Å². The largest absolute Gasteiger partial charge is 0.376 e. The van der Waals surface area contributed by atoms with E-state index in [1.807, 2.05) is 6.92 Å². The zero-order valence-corrected chi connectivity index (χ0v) is 11.5. The lowest BCUT2D eigenvalue weighted by molar-refractivity contribution is 0.0712. The minimum Gasteiger partial charge on any atom is -0.376 e. The second kappa shape index (κ2) is 5.87. The summed E-state index contributed by atoms with van der Waals surface area (Å²) in [6.07, 6.45) is 2.08. The molecule has 1 N–H and O–H groups in total. The molecule has 2 atom stereocenters. The molecule has 1 aliphatic rings. The van der Waals surface area contributed by atoms with Gasteiger partial charge in [0.2, 0.25) is 0 Å². The first-order valence-electron chi connectivity index (χ1n) is 5.82. The molecule has 1 saturated heterocycles. The minimum absolute atomic E-state index is 0.0493. The van der Waals surface area contributed by atoms with Crippen LogP contribution in [0.2, 0.25) is 10.3 Å². The number of hydrogen-bond acceptors (Lipinski definition) is 3. The highest BCUT2D eigenvalue weighted by atomic mass is 35.5. The van der Waals surface area contributed by atoms with Crippen LogP contribution in [0.1, 0.15) is 30.1 Å². The lowest BCUT2D eigenvalue weighted by Gasteiger charge is -2.20. The first-order valence-corrected chi connectivity index (χ1v) is 6.58. The van der Waals surface area contributed by atoms with Gasteiger partial charge in [0, 0.05) is 6.61 Å². The second-order valence-corrected chi connectivity index (χ2v) is 5.03. The molecule has 0 saturated carbocycles. The first-order chi connectivity index (χ1) is 8.58. The van der Waals surface area contributed by atoms with Crippen molar-refractivity contribution >= 4 is 29.1 Å². The van der Waals surface area contributed by atoms with Crippen molar-refractivity contribution in [2.24, 2.45) is 0 Å². The van der Waals surface area contributed by atoms with Crippen LogP contribution in [0.15, 0.2) is 12.1 Å². The van der Waals surface area contributed by atoms with Crippen molar-refractivity contribution in [3.63, 3.8) is 0 Å². The lowest BCUT2D eigenvalue weighted by Crippen LogP contribution is -2.40. The molecule has 6 heteroatoms. The fraction of sp³-hybridized carbons (Fsp3) is 0.500. The van der Waals surface area contributed by atoms with Crippen LogP contribution in [0, 0.1) is 0 Å². The Balaban J connectivity index is 2.02. The maximum Gasteiger partial charge on any atom is 0.254 e.